The molecule has 5 nitrogen and oxygen atoms in total. The van der Waals surface area contributed by atoms with Crippen LogP contribution in [0.25, 0.3) is 0 Å². The predicted octanol–water partition coefficient (Wildman–Crippen LogP) is 3.83. The van der Waals surface area contributed by atoms with E-state index in [1.165, 1.54) is 0 Å². The predicted molar refractivity (Wildman–Crippen MR) is 91.5 cm³/mol. The van der Waals surface area contributed by atoms with Crippen molar-refractivity contribution >= 4 is 12.1 Å². The zero-order valence-electron chi connectivity index (χ0n) is 14.6. The lowest BCUT2D eigenvalue weighted by Crippen LogP contribution is -2.63. The molecule has 1 aliphatic carbocycles. The molecule has 0 radical (unpaired) electrons. The molecular formula is C19H27NO4. The van der Waals surface area contributed by atoms with E-state index in [1.54, 1.807) is 0 Å². The second-order valence-electron chi connectivity index (χ2n) is 7.20. The highest BCUT2D eigenvalue weighted by Crippen LogP contribution is 2.41. The van der Waals surface area contributed by atoms with Crippen LogP contribution < -0.4 is 5.32 Å². The number of nitrogens with one attached hydrogen (secondary N) is 1. The second-order valence-corrected chi connectivity index (χ2v) is 7.20. The number of benzene rings is 1. The van der Waals surface area contributed by atoms with Crippen LogP contribution in [0, 0.1) is 17.8 Å². The fourth-order valence-corrected chi connectivity index (χ4v) is 3.80. The zero-order valence-corrected chi connectivity index (χ0v) is 14.6. The van der Waals surface area contributed by atoms with Crippen molar-refractivity contribution in [3.8, 4) is 0 Å². The number of aliphatic carboxylic acids is 1. The van der Waals surface area contributed by atoms with Gasteiger partial charge in [0.25, 0.3) is 0 Å². The van der Waals surface area contributed by atoms with Crippen LogP contribution >= 0.6 is 0 Å². The molecule has 1 saturated carbocycles. The molecule has 2 N–H and O–H groups in total. The lowest BCUT2D eigenvalue weighted by Gasteiger charge is -2.45. The number of amides is 1. The molecule has 132 valence electrons. The molecule has 1 aromatic carbocycles. The number of hydrogen-bond donors (Lipinski definition) is 2. The summed E-state index contributed by atoms with van der Waals surface area (Å²) in [6.07, 6.45) is 1.55. The highest BCUT2D eigenvalue weighted by atomic mass is 16.5. The first kappa shape index (κ1) is 18.3. The molecule has 24 heavy (non-hydrogen) atoms. The van der Waals surface area contributed by atoms with E-state index in [1.807, 2.05) is 51.1 Å². The van der Waals surface area contributed by atoms with Gasteiger partial charge in [-0.1, -0.05) is 57.5 Å². The number of carboxylic acids is 1. The summed E-state index contributed by atoms with van der Waals surface area (Å²) in [7, 11) is 0. The van der Waals surface area contributed by atoms with Crippen molar-refractivity contribution in [1.82, 2.24) is 5.32 Å². The summed E-state index contributed by atoms with van der Waals surface area (Å²) < 4.78 is 5.26. The largest absolute Gasteiger partial charge is 0.479 e. The van der Waals surface area contributed by atoms with E-state index in [4.69, 9.17) is 4.74 Å². The Morgan fingerprint density at radius 2 is 1.96 bits per heavy atom. The third kappa shape index (κ3) is 4.08. The summed E-state index contributed by atoms with van der Waals surface area (Å²) in [6.45, 7) is 6.18. The van der Waals surface area contributed by atoms with Crippen molar-refractivity contribution in [2.24, 2.45) is 17.8 Å². The van der Waals surface area contributed by atoms with Gasteiger partial charge < -0.3 is 15.2 Å². The fourth-order valence-electron chi connectivity index (χ4n) is 3.80. The Morgan fingerprint density at radius 3 is 2.54 bits per heavy atom. The first-order valence-electron chi connectivity index (χ1n) is 8.57. The van der Waals surface area contributed by atoms with Gasteiger partial charge in [0, 0.05) is 0 Å². The van der Waals surface area contributed by atoms with Gasteiger partial charge in [-0.3, -0.25) is 0 Å². The van der Waals surface area contributed by atoms with E-state index in [2.05, 4.69) is 5.32 Å². The molecule has 0 aliphatic heterocycles. The zero-order chi connectivity index (χ0) is 17.7. The molecule has 1 amide bonds. The van der Waals surface area contributed by atoms with Crippen LogP contribution in [0.5, 0.6) is 0 Å². The summed E-state index contributed by atoms with van der Waals surface area (Å²) in [5.74, 6) is -0.645. The van der Waals surface area contributed by atoms with Gasteiger partial charge in [-0.2, -0.15) is 0 Å². The second kappa shape index (κ2) is 7.69. The van der Waals surface area contributed by atoms with Crippen LogP contribution in [-0.4, -0.2) is 22.7 Å². The number of hydrogen-bond acceptors (Lipinski definition) is 3. The van der Waals surface area contributed by atoms with E-state index in [-0.39, 0.29) is 24.4 Å². The number of alkyl carbamates (subject to hydrolysis) is 1. The summed E-state index contributed by atoms with van der Waals surface area (Å²) >= 11 is 0. The number of ether oxygens (including phenoxy) is 1. The van der Waals surface area contributed by atoms with Gasteiger partial charge in [0.1, 0.15) is 12.1 Å². The Bertz CT molecular complexity index is 572. The van der Waals surface area contributed by atoms with Crippen molar-refractivity contribution in [2.45, 2.75) is 52.2 Å². The monoisotopic (exact) mass is 333 g/mol. The van der Waals surface area contributed by atoms with E-state index < -0.39 is 17.6 Å². The third-order valence-corrected chi connectivity index (χ3v) is 5.00. The van der Waals surface area contributed by atoms with E-state index in [9.17, 15) is 14.7 Å². The minimum atomic E-state index is -1.25. The van der Waals surface area contributed by atoms with Crippen LogP contribution in [0.3, 0.4) is 0 Å². The molecular weight excluding hydrogens is 306 g/mol. The first-order valence-corrected chi connectivity index (χ1v) is 8.57. The minimum absolute atomic E-state index is 0.101. The highest BCUT2D eigenvalue weighted by molar-refractivity contribution is 5.85. The molecule has 0 saturated heterocycles. The summed E-state index contributed by atoms with van der Waals surface area (Å²) in [5.41, 5.74) is -0.381. The normalized spacial score (nSPS) is 26.8. The minimum Gasteiger partial charge on any atom is -0.479 e. The SMILES string of the molecule is CC(C)[C@H]1CC[C@@H](C)C[C@]1(NC(=O)OCc1ccccc1)C(=O)O. The van der Waals surface area contributed by atoms with E-state index in [0.717, 1.165) is 18.4 Å². The van der Waals surface area contributed by atoms with Crippen LogP contribution in [0.1, 0.15) is 45.6 Å². The molecule has 2 rings (SSSR count). The number of rotatable bonds is 5. The quantitative estimate of drug-likeness (QED) is 0.858. The number of carboxylic acid groups (broad SMARTS) is 1. The highest BCUT2D eigenvalue weighted by Gasteiger charge is 2.51. The average molecular weight is 333 g/mol. The van der Waals surface area contributed by atoms with Gasteiger partial charge in [0.05, 0.1) is 0 Å². The molecule has 0 heterocycles. The molecule has 5 heteroatoms. The fraction of sp³-hybridized carbons (Fsp3) is 0.579. The van der Waals surface area contributed by atoms with Gasteiger partial charge in [-0.25, -0.2) is 9.59 Å². The Hall–Kier alpha value is -2.04. The van der Waals surface area contributed by atoms with Gasteiger partial charge in [0.15, 0.2) is 0 Å². The van der Waals surface area contributed by atoms with Crippen molar-refractivity contribution < 1.29 is 19.4 Å². The topological polar surface area (TPSA) is 75.6 Å². The Labute approximate surface area is 143 Å². The molecule has 1 aliphatic rings. The molecule has 0 bridgehead atoms. The van der Waals surface area contributed by atoms with Gasteiger partial charge in [-0.05, 0) is 36.2 Å². The maximum absolute atomic E-state index is 12.3. The molecule has 0 unspecified atom stereocenters. The van der Waals surface area contributed by atoms with Crippen molar-refractivity contribution in [3.05, 3.63) is 35.9 Å². The van der Waals surface area contributed by atoms with Crippen LogP contribution in [0.4, 0.5) is 4.79 Å². The molecule has 3 atom stereocenters. The standard InChI is InChI=1S/C19H27NO4/c1-13(2)16-10-9-14(3)11-19(16,17(21)22)20-18(23)24-12-15-7-5-4-6-8-15/h4-8,13-14,16H,9-12H2,1-3H3,(H,20,23)(H,21,22)/t14-,16-,19-/m1/s1. The summed E-state index contributed by atoms with van der Waals surface area (Å²) in [4.78, 5) is 24.3. The van der Waals surface area contributed by atoms with Crippen molar-refractivity contribution in [1.29, 1.82) is 0 Å². The van der Waals surface area contributed by atoms with E-state index in [0.29, 0.717) is 6.42 Å². The van der Waals surface area contributed by atoms with Crippen LogP contribution in [0.2, 0.25) is 0 Å². The number of carbonyl (C=O) groups is 2. The van der Waals surface area contributed by atoms with Gasteiger partial charge in [0.2, 0.25) is 0 Å². The lowest BCUT2D eigenvalue weighted by molar-refractivity contribution is -0.151. The Kier molecular flexibility index (Phi) is 5.86. The first-order chi connectivity index (χ1) is 11.3. The Balaban J connectivity index is 2.10. The average Bonchev–Trinajstić information content (AvgIpc) is 2.53. The van der Waals surface area contributed by atoms with Gasteiger partial charge >= 0.3 is 12.1 Å². The third-order valence-electron chi connectivity index (χ3n) is 5.00. The molecule has 0 spiro atoms. The van der Waals surface area contributed by atoms with Crippen LogP contribution in [-0.2, 0) is 16.1 Å². The summed E-state index contributed by atoms with van der Waals surface area (Å²) in [5, 5.41) is 12.6. The maximum atomic E-state index is 12.3. The van der Waals surface area contributed by atoms with Crippen LogP contribution in [0.15, 0.2) is 30.3 Å². The van der Waals surface area contributed by atoms with E-state index >= 15 is 0 Å². The smallest absolute Gasteiger partial charge is 0.408 e. The molecule has 1 fully saturated rings. The summed E-state index contributed by atoms with van der Waals surface area (Å²) in [6, 6.07) is 9.35. The maximum Gasteiger partial charge on any atom is 0.408 e. The number of carbonyl (C=O) groups excluding carboxylic acids is 1. The lowest BCUT2D eigenvalue weighted by atomic mass is 9.65. The molecule has 1 aromatic rings. The molecule has 0 aromatic heterocycles. The van der Waals surface area contributed by atoms with Gasteiger partial charge in [-0.15, -0.1) is 0 Å². The Morgan fingerprint density at radius 1 is 1.29 bits per heavy atom. The van der Waals surface area contributed by atoms with Crippen molar-refractivity contribution in [2.75, 3.05) is 0 Å². The van der Waals surface area contributed by atoms with Crippen molar-refractivity contribution in [3.63, 3.8) is 0 Å².